The van der Waals surface area contributed by atoms with E-state index in [2.05, 4.69) is 4.90 Å². The highest BCUT2D eigenvalue weighted by atomic mass is 16.2. The zero-order chi connectivity index (χ0) is 12.5. The van der Waals surface area contributed by atoms with E-state index in [1.807, 2.05) is 4.90 Å². The number of hydrogen-bond acceptors (Lipinski definition) is 3. The Morgan fingerprint density at radius 1 is 1.11 bits per heavy atom. The van der Waals surface area contributed by atoms with Crippen LogP contribution in [0.3, 0.4) is 0 Å². The van der Waals surface area contributed by atoms with Crippen LogP contribution in [0.25, 0.3) is 0 Å². The molecule has 3 aliphatic rings. The van der Waals surface area contributed by atoms with Crippen molar-refractivity contribution in [2.45, 2.75) is 32.1 Å². The molecule has 4 nitrogen and oxygen atoms in total. The fraction of sp³-hybridized carbons (Fsp3) is 0.857. The topological polar surface area (TPSA) is 40.6 Å². The molecule has 2 heterocycles. The Kier molecular flexibility index (Phi) is 3.37. The predicted octanol–water partition coefficient (Wildman–Crippen LogP) is 0.910. The van der Waals surface area contributed by atoms with Crippen LogP contribution in [-0.2, 0) is 9.59 Å². The van der Waals surface area contributed by atoms with Crippen LogP contribution < -0.4 is 0 Å². The number of hydrogen-bond donors (Lipinski definition) is 0. The van der Waals surface area contributed by atoms with Crippen molar-refractivity contribution >= 4 is 11.7 Å². The van der Waals surface area contributed by atoms with Crippen molar-refractivity contribution in [2.24, 2.45) is 11.8 Å². The number of Topliss-reactive ketones (excluding diaryl/α,β-unsaturated/α-hetero) is 1. The molecule has 0 aromatic carbocycles. The van der Waals surface area contributed by atoms with Crippen molar-refractivity contribution in [1.82, 2.24) is 9.80 Å². The predicted molar refractivity (Wildman–Crippen MR) is 68.1 cm³/mol. The van der Waals surface area contributed by atoms with Gasteiger partial charge in [0, 0.05) is 39.0 Å². The molecule has 0 bridgehead atoms. The summed E-state index contributed by atoms with van der Waals surface area (Å²) in [5.74, 6) is 2.22. The number of likely N-dealkylation sites (tertiary alicyclic amines) is 2. The summed E-state index contributed by atoms with van der Waals surface area (Å²) in [4.78, 5) is 27.5. The van der Waals surface area contributed by atoms with Gasteiger partial charge in [-0.3, -0.25) is 14.5 Å². The molecule has 0 aromatic rings. The molecule has 3 rings (SSSR count). The number of amides is 1. The Labute approximate surface area is 108 Å². The van der Waals surface area contributed by atoms with E-state index in [-0.39, 0.29) is 5.91 Å². The maximum Gasteiger partial charge on any atom is 0.236 e. The van der Waals surface area contributed by atoms with Gasteiger partial charge < -0.3 is 4.90 Å². The summed E-state index contributed by atoms with van der Waals surface area (Å²) >= 11 is 0. The third kappa shape index (κ3) is 2.44. The molecule has 0 aromatic heterocycles. The van der Waals surface area contributed by atoms with Crippen molar-refractivity contribution in [3.8, 4) is 0 Å². The Morgan fingerprint density at radius 3 is 2.33 bits per heavy atom. The number of rotatable bonds is 2. The second-order valence-electron chi connectivity index (χ2n) is 6.06. The van der Waals surface area contributed by atoms with Crippen LogP contribution in [0.15, 0.2) is 0 Å². The molecule has 1 amide bonds. The van der Waals surface area contributed by atoms with Crippen molar-refractivity contribution in [3.63, 3.8) is 0 Å². The average Bonchev–Trinajstić information content (AvgIpc) is 2.90. The van der Waals surface area contributed by atoms with Gasteiger partial charge in [-0.05, 0) is 24.7 Å². The van der Waals surface area contributed by atoms with Crippen molar-refractivity contribution in [1.29, 1.82) is 0 Å². The molecule has 0 radical (unpaired) electrons. The van der Waals surface area contributed by atoms with E-state index >= 15 is 0 Å². The normalized spacial score (nSPS) is 32.9. The molecule has 0 N–H and O–H groups in total. The van der Waals surface area contributed by atoms with Crippen LogP contribution in [0.1, 0.15) is 32.1 Å². The lowest BCUT2D eigenvalue weighted by Gasteiger charge is -2.28. The molecule has 3 fully saturated rings. The van der Waals surface area contributed by atoms with E-state index < -0.39 is 0 Å². The summed E-state index contributed by atoms with van der Waals surface area (Å²) in [6.07, 6.45) is 5.19. The van der Waals surface area contributed by atoms with Gasteiger partial charge in [-0.2, -0.15) is 0 Å². The number of carbonyl (C=O) groups excluding carboxylic acids is 2. The zero-order valence-corrected chi connectivity index (χ0v) is 10.9. The Balaban J connectivity index is 1.48. The standard InChI is InChI=1S/C14H22N2O2/c17-13-4-6-16(7-5-13)14(18)10-15-8-11-2-1-3-12(11)9-15/h11-12H,1-10H2. The average molecular weight is 250 g/mol. The van der Waals surface area contributed by atoms with Gasteiger partial charge in [-0.15, -0.1) is 0 Å². The molecule has 2 saturated heterocycles. The van der Waals surface area contributed by atoms with Gasteiger partial charge in [-0.25, -0.2) is 0 Å². The van der Waals surface area contributed by atoms with E-state index in [0.29, 0.717) is 38.3 Å². The van der Waals surface area contributed by atoms with E-state index in [1.54, 1.807) is 0 Å². The van der Waals surface area contributed by atoms with Gasteiger partial charge in [0.1, 0.15) is 5.78 Å². The van der Waals surface area contributed by atoms with Crippen molar-refractivity contribution in [3.05, 3.63) is 0 Å². The summed E-state index contributed by atoms with van der Waals surface area (Å²) in [5.41, 5.74) is 0. The lowest BCUT2D eigenvalue weighted by Crippen LogP contribution is -2.44. The molecule has 2 aliphatic heterocycles. The van der Waals surface area contributed by atoms with Crippen LogP contribution in [0.5, 0.6) is 0 Å². The van der Waals surface area contributed by atoms with Crippen LogP contribution >= 0.6 is 0 Å². The van der Waals surface area contributed by atoms with Gasteiger partial charge in [0.15, 0.2) is 0 Å². The Hall–Kier alpha value is -0.900. The monoisotopic (exact) mass is 250 g/mol. The summed E-state index contributed by atoms with van der Waals surface area (Å²) in [5, 5.41) is 0. The van der Waals surface area contributed by atoms with Crippen LogP contribution in [0.4, 0.5) is 0 Å². The first-order valence-corrected chi connectivity index (χ1v) is 7.24. The van der Waals surface area contributed by atoms with Gasteiger partial charge >= 0.3 is 0 Å². The highest BCUT2D eigenvalue weighted by Crippen LogP contribution is 2.37. The maximum atomic E-state index is 12.2. The summed E-state index contributed by atoms with van der Waals surface area (Å²) in [6.45, 7) is 4.07. The molecular weight excluding hydrogens is 228 g/mol. The molecule has 1 saturated carbocycles. The van der Waals surface area contributed by atoms with Crippen molar-refractivity contribution < 1.29 is 9.59 Å². The summed E-state index contributed by atoms with van der Waals surface area (Å²) < 4.78 is 0. The smallest absolute Gasteiger partial charge is 0.236 e. The van der Waals surface area contributed by atoms with E-state index in [4.69, 9.17) is 0 Å². The minimum absolute atomic E-state index is 0.225. The molecule has 100 valence electrons. The molecule has 18 heavy (non-hydrogen) atoms. The second-order valence-corrected chi connectivity index (χ2v) is 6.06. The quantitative estimate of drug-likeness (QED) is 0.731. The minimum Gasteiger partial charge on any atom is -0.341 e. The second kappa shape index (κ2) is 5.00. The molecule has 2 atom stereocenters. The fourth-order valence-electron chi connectivity index (χ4n) is 3.76. The van der Waals surface area contributed by atoms with Gasteiger partial charge in [-0.1, -0.05) is 6.42 Å². The summed E-state index contributed by atoms with van der Waals surface area (Å²) in [6, 6.07) is 0. The first-order chi connectivity index (χ1) is 8.72. The van der Waals surface area contributed by atoms with E-state index in [0.717, 1.165) is 24.9 Å². The van der Waals surface area contributed by atoms with Crippen LogP contribution in [0.2, 0.25) is 0 Å². The Morgan fingerprint density at radius 2 is 1.72 bits per heavy atom. The molecule has 0 spiro atoms. The highest BCUT2D eigenvalue weighted by Gasteiger charge is 2.37. The largest absolute Gasteiger partial charge is 0.341 e. The SMILES string of the molecule is O=C1CCN(C(=O)CN2CC3CCCC3C2)CC1. The number of fused-ring (bicyclic) bond motifs is 1. The van der Waals surface area contributed by atoms with Crippen molar-refractivity contribution in [2.75, 3.05) is 32.7 Å². The molecule has 4 heteroatoms. The van der Waals surface area contributed by atoms with Crippen LogP contribution in [-0.4, -0.2) is 54.2 Å². The highest BCUT2D eigenvalue weighted by molar-refractivity contribution is 5.84. The van der Waals surface area contributed by atoms with Gasteiger partial charge in [0.25, 0.3) is 0 Å². The van der Waals surface area contributed by atoms with E-state index in [9.17, 15) is 9.59 Å². The van der Waals surface area contributed by atoms with Crippen LogP contribution in [0, 0.1) is 11.8 Å². The third-order valence-corrected chi connectivity index (χ3v) is 4.83. The van der Waals surface area contributed by atoms with Gasteiger partial charge in [0.05, 0.1) is 6.54 Å². The van der Waals surface area contributed by atoms with E-state index in [1.165, 1.54) is 19.3 Å². The molecular formula is C14H22N2O2. The first-order valence-electron chi connectivity index (χ1n) is 7.24. The summed E-state index contributed by atoms with van der Waals surface area (Å²) in [7, 11) is 0. The lowest BCUT2D eigenvalue weighted by molar-refractivity contribution is -0.135. The maximum absolute atomic E-state index is 12.2. The minimum atomic E-state index is 0.225. The number of ketones is 1. The number of nitrogens with zero attached hydrogens (tertiary/aromatic N) is 2. The Bertz CT molecular complexity index is 334. The number of piperidine rings is 1. The molecule has 2 unspecified atom stereocenters. The number of carbonyl (C=O) groups is 2. The lowest BCUT2D eigenvalue weighted by atomic mass is 10.0. The third-order valence-electron chi connectivity index (χ3n) is 4.83. The molecule has 1 aliphatic carbocycles. The zero-order valence-electron chi connectivity index (χ0n) is 10.9. The fourth-order valence-corrected chi connectivity index (χ4v) is 3.76. The first kappa shape index (κ1) is 12.2. The van der Waals surface area contributed by atoms with Gasteiger partial charge in [0.2, 0.25) is 5.91 Å².